The standard InChI is InChI=1S/C11H13ClF3NO3S/c1-10(2,3)19-7(17)5-18-4-6-8(11(13,14)15)16-9(12)20-6/h4-5H2,1-3H3. The van der Waals surface area contributed by atoms with Crippen molar-refractivity contribution in [3.8, 4) is 0 Å². The van der Waals surface area contributed by atoms with Crippen LogP contribution in [0.25, 0.3) is 0 Å². The predicted octanol–water partition coefficient (Wildman–Crippen LogP) is 3.67. The fourth-order valence-electron chi connectivity index (χ4n) is 1.24. The fraction of sp³-hybridized carbons (Fsp3) is 0.636. The van der Waals surface area contributed by atoms with Crippen LogP contribution in [0.15, 0.2) is 0 Å². The Bertz CT molecular complexity index is 482. The van der Waals surface area contributed by atoms with Crippen molar-refractivity contribution < 1.29 is 27.4 Å². The van der Waals surface area contributed by atoms with Gasteiger partial charge in [0.15, 0.2) is 10.2 Å². The minimum atomic E-state index is -4.60. The number of halogens is 4. The lowest BCUT2D eigenvalue weighted by Gasteiger charge is -2.19. The van der Waals surface area contributed by atoms with Gasteiger partial charge in [0.25, 0.3) is 0 Å². The average molecular weight is 332 g/mol. The first-order valence-electron chi connectivity index (χ1n) is 5.51. The summed E-state index contributed by atoms with van der Waals surface area (Å²) >= 11 is 6.12. The lowest BCUT2D eigenvalue weighted by molar-refractivity contribution is -0.160. The van der Waals surface area contributed by atoms with E-state index >= 15 is 0 Å². The largest absolute Gasteiger partial charge is 0.458 e. The smallest absolute Gasteiger partial charge is 0.434 e. The van der Waals surface area contributed by atoms with Crippen LogP contribution < -0.4 is 0 Å². The van der Waals surface area contributed by atoms with Crippen LogP contribution >= 0.6 is 22.9 Å². The molecule has 1 rings (SSSR count). The molecule has 0 unspecified atom stereocenters. The highest BCUT2D eigenvalue weighted by Crippen LogP contribution is 2.36. The highest BCUT2D eigenvalue weighted by atomic mass is 35.5. The van der Waals surface area contributed by atoms with Gasteiger partial charge in [0.05, 0.1) is 11.5 Å². The van der Waals surface area contributed by atoms with Gasteiger partial charge in [-0.05, 0) is 20.8 Å². The number of rotatable bonds is 4. The zero-order valence-corrected chi connectivity index (χ0v) is 12.6. The predicted molar refractivity (Wildman–Crippen MR) is 67.6 cm³/mol. The molecule has 114 valence electrons. The van der Waals surface area contributed by atoms with Crippen molar-refractivity contribution in [2.24, 2.45) is 0 Å². The number of carbonyl (C=O) groups is 1. The Kier molecular flexibility index (Phi) is 5.39. The first-order valence-corrected chi connectivity index (χ1v) is 6.70. The van der Waals surface area contributed by atoms with E-state index in [1.807, 2.05) is 0 Å². The number of ether oxygens (including phenoxy) is 2. The quantitative estimate of drug-likeness (QED) is 0.790. The summed E-state index contributed by atoms with van der Waals surface area (Å²) < 4.78 is 47.5. The molecule has 0 fully saturated rings. The van der Waals surface area contributed by atoms with Gasteiger partial charge in [0.2, 0.25) is 0 Å². The summed E-state index contributed by atoms with van der Waals surface area (Å²) in [5, 5.41) is 0. The van der Waals surface area contributed by atoms with E-state index in [1.165, 1.54) is 0 Å². The van der Waals surface area contributed by atoms with E-state index in [2.05, 4.69) is 4.98 Å². The Labute approximate surface area is 122 Å². The SMILES string of the molecule is CC(C)(C)OC(=O)COCc1sc(Cl)nc1C(F)(F)F. The molecule has 1 aromatic rings. The molecule has 0 bridgehead atoms. The van der Waals surface area contributed by atoms with Crippen molar-refractivity contribution in [1.82, 2.24) is 4.98 Å². The summed E-state index contributed by atoms with van der Waals surface area (Å²) in [4.78, 5) is 14.4. The van der Waals surface area contributed by atoms with Crippen molar-refractivity contribution in [2.45, 2.75) is 39.2 Å². The Morgan fingerprint density at radius 3 is 2.45 bits per heavy atom. The van der Waals surface area contributed by atoms with Crippen LogP contribution in [0.2, 0.25) is 4.47 Å². The lowest BCUT2D eigenvalue weighted by atomic mass is 10.2. The third kappa shape index (κ3) is 5.64. The first-order chi connectivity index (χ1) is 8.99. The summed E-state index contributed by atoms with van der Waals surface area (Å²) in [6.07, 6.45) is -4.60. The van der Waals surface area contributed by atoms with Crippen molar-refractivity contribution in [3.05, 3.63) is 15.0 Å². The van der Waals surface area contributed by atoms with Gasteiger partial charge in [-0.25, -0.2) is 9.78 Å². The lowest BCUT2D eigenvalue weighted by Crippen LogP contribution is -2.26. The molecular formula is C11H13ClF3NO3S. The summed E-state index contributed by atoms with van der Waals surface area (Å²) in [7, 11) is 0. The minimum Gasteiger partial charge on any atom is -0.458 e. The van der Waals surface area contributed by atoms with Crippen LogP contribution in [-0.4, -0.2) is 23.2 Å². The highest BCUT2D eigenvalue weighted by molar-refractivity contribution is 7.15. The van der Waals surface area contributed by atoms with E-state index < -0.39 is 36.7 Å². The molecule has 0 amide bonds. The molecule has 9 heteroatoms. The van der Waals surface area contributed by atoms with E-state index in [0.29, 0.717) is 11.3 Å². The van der Waals surface area contributed by atoms with Gasteiger partial charge in [0.1, 0.15) is 12.2 Å². The third-order valence-electron chi connectivity index (χ3n) is 1.81. The van der Waals surface area contributed by atoms with Crippen molar-refractivity contribution >= 4 is 28.9 Å². The molecule has 0 aliphatic carbocycles. The van der Waals surface area contributed by atoms with Crippen LogP contribution in [-0.2, 0) is 27.1 Å². The second-order valence-corrected chi connectivity index (χ2v) is 6.48. The Morgan fingerprint density at radius 1 is 1.35 bits per heavy atom. The molecule has 0 radical (unpaired) electrons. The maximum atomic E-state index is 12.6. The van der Waals surface area contributed by atoms with Crippen LogP contribution in [0.1, 0.15) is 31.3 Å². The summed E-state index contributed by atoms with van der Waals surface area (Å²) in [5.74, 6) is -0.651. The number of hydrogen-bond donors (Lipinski definition) is 0. The molecule has 20 heavy (non-hydrogen) atoms. The third-order valence-corrected chi connectivity index (χ3v) is 2.95. The molecule has 4 nitrogen and oxygen atoms in total. The molecule has 0 saturated heterocycles. The molecule has 1 heterocycles. The number of nitrogens with zero attached hydrogens (tertiary/aromatic N) is 1. The van der Waals surface area contributed by atoms with E-state index in [4.69, 9.17) is 21.1 Å². The van der Waals surface area contributed by atoms with Gasteiger partial charge < -0.3 is 9.47 Å². The van der Waals surface area contributed by atoms with E-state index in [9.17, 15) is 18.0 Å². The second kappa shape index (κ2) is 6.28. The zero-order valence-electron chi connectivity index (χ0n) is 11.0. The molecule has 0 aromatic carbocycles. The van der Waals surface area contributed by atoms with E-state index in [-0.39, 0.29) is 9.34 Å². The van der Waals surface area contributed by atoms with Crippen molar-refractivity contribution in [3.63, 3.8) is 0 Å². The van der Waals surface area contributed by atoms with Gasteiger partial charge in [-0.1, -0.05) is 11.6 Å². The normalized spacial score (nSPS) is 12.6. The number of alkyl halides is 3. The fourth-order valence-corrected chi connectivity index (χ4v) is 2.34. The van der Waals surface area contributed by atoms with Gasteiger partial charge in [-0.2, -0.15) is 13.2 Å². The minimum absolute atomic E-state index is 0.175. The van der Waals surface area contributed by atoms with Crippen LogP contribution in [0.5, 0.6) is 0 Å². The second-order valence-electron chi connectivity index (χ2n) is 4.82. The van der Waals surface area contributed by atoms with Gasteiger partial charge >= 0.3 is 12.1 Å². The topological polar surface area (TPSA) is 48.4 Å². The molecule has 0 aliphatic heterocycles. The molecule has 1 aromatic heterocycles. The van der Waals surface area contributed by atoms with Crippen molar-refractivity contribution in [2.75, 3.05) is 6.61 Å². The van der Waals surface area contributed by atoms with E-state index in [0.717, 1.165) is 0 Å². The maximum absolute atomic E-state index is 12.6. The Morgan fingerprint density at radius 2 is 1.95 bits per heavy atom. The monoisotopic (exact) mass is 331 g/mol. The Hall–Kier alpha value is -0.860. The number of hydrogen-bond acceptors (Lipinski definition) is 5. The van der Waals surface area contributed by atoms with Crippen LogP contribution in [0.4, 0.5) is 13.2 Å². The molecule has 0 N–H and O–H groups in total. The van der Waals surface area contributed by atoms with E-state index in [1.54, 1.807) is 20.8 Å². The summed E-state index contributed by atoms with van der Waals surface area (Å²) in [6.45, 7) is 4.18. The summed E-state index contributed by atoms with van der Waals surface area (Å²) in [6, 6.07) is 0. The zero-order chi connectivity index (χ0) is 15.6. The number of thiazole rings is 1. The average Bonchev–Trinajstić information content (AvgIpc) is 2.56. The number of esters is 1. The van der Waals surface area contributed by atoms with Gasteiger partial charge in [-0.3, -0.25) is 0 Å². The first kappa shape index (κ1) is 17.2. The van der Waals surface area contributed by atoms with Gasteiger partial charge in [0, 0.05) is 0 Å². The molecule has 0 aliphatic rings. The van der Waals surface area contributed by atoms with Crippen LogP contribution in [0, 0.1) is 0 Å². The van der Waals surface area contributed by atoms with Crippen molar-refractivity contribution in [1.29, 1.82) is 0 Å². The highest BCUT2D eigenvalue weighted by Gasteiger charge is 2.37. The maximum Gasteiger partial charge on any atom is 0.434 e. The molecule has 0 atom stereocenters. The molecule has 0 saturated carbocycles. The molecular weight excluding hydrogens is 319 g/mol. The summed E-state index contributed by atoms with van der Waals surface area (Å²) in [5.41, 5.74) is -1.76. The molecule has 0 spiro atoms. The number of carbonyl (C=O) groups excluding carboxylic acids is 1. The van der Waals surface area contributed by atoms with Gasteiger partial charge in [-0.15, -0.1) is 11.3 Å². The number of aromatic nitrogens is 1. The Balaban J connectivity index is 2.57. The van der Waals surface area contributed by atoms with Crippen LogP contribution in [0.3, 0.4) is 0 Å².